The van der Waals surface area contributed by atoms with Gasteiger partial charge >= 0.3 is 5.97 Å². The summed E-state index contributed by atoms with van der Waals surface area (Å²) in [4.78, 5) is 35.3. The van der Waals surface area contributed by atoms with Gasteiger partial charge in [0.05, 0.1) is 11.5 Å². The normalized spacial score (nSPS) is 28.1. The minimum atomic E-state index is -3.22. The smallest absolute Gasteiger partial charge is 0.323 e. The molecule has 2 aliphatic rings. The van der Waals surface area contributed by atoms with Gasteiger partial charge in [-0.25, -0.2) is 8.42 Å². The topological polar surface area (TPSA) is 121 Å². The van der Waals surface area contributed by atoms with Crippen molar-refractivity contribution in [1.29, 1.82) is 0 Å². The van der Waals surface area contributed by atoms with E-state index >= 15 is 0 Å². The third kappa shape index (κ3) is 3.42. The minimum Gasteiger partial charge on any atom is -0.480 e. The van der Waals surface area contributed by atoms with Crippen molar-refractivity contribution in [2.24, 2.45) is 0 Å². The van der Waals surface area contributed by atoms with Crippen molar-refractivity contribution in [2.45, 2.75) is 18.5 Å². The number of carbonyl (C=O) groups excluding carboxylic acids is 2. The van der Waals surface area contributed by atoms with E-state index in [9.17, 15) is 22.8 Å². The summed E-state index contributed by atoms with van der Waals surface area (Å²) in [6.07, 6.45) is 0.231. The first kappa shape index (κ1) is 15.1. The van der Waals surface area contributed by atoms with E-state index in [1.54, 1.807) is 0 Å². The van der Waals surface area contributed by atoms with Crippen molar-refractivity contribution in [2.75, 3.05) is 23.8 Å². The highest BCUT2D eigenvalue weighted by Gasteiger charge is 2.39. The molecule has 2 amide bonds. The number of rotatable bonds is 4. The van der Waals surface area contributed by atoms with E-state index in [2.05, 4.69) is 5.32 Å². The molecule has 0 spiro atoms. The lowest BCUT2D eigenvalue weighted by molar-refractivity contribution is -0.146. The van der Waals surface area contributed by atoms with E-state index in [1.807, 2.05) is 0 Å². The molecule has 0 aromatic carbocycles. The van der Waals surface area contributed by atoms with Gasteiger partial charge < -0.3 is 15.3 Å². The third-order valence-corrected chi connectivity index (χ3v) is 5.84. The zero-order valence-electron chi connectivity index (χ0n) is 10.4. The van der Waals surface area contributed by atoms with Crippen molar-refractivity contribution in [1.82, 2.24) is 10.2 Å². The van der Waals surface area contributed by atoms with Gasteiger partial charge in [-0.15, -0.1) is 0 Å². The van der Waals surface area contributed by atoms with Crippen LogP contribution in [0.25, 0.3) is 0 Å². The lowest BCUT2D eigenvalue weighted by Crippen LogP contribution is -2.52. The zero-order chi connectivity index (χ0) is 14.9. The first-order valence-electron chi connectivity index (χ1n) is 5.94. The molecule has 2 aliphatic heterocycles. The van der Waals surface area contributed by atoms with Crippen LogP contribution in [0.1, 0.15) is 6.42 Å². The summed E-state index contributed by atoms with van der Waals surface area (Å²) in [6.45, 7) is -0.559. The summed E-state index contributed by atoms with van der Waals surface area (Å²) in [5.74, 6) is -1.78. The Morgan fingerprint density at radius 3 is 2.60 bits per heavy atom. The number of carboxylic acids is 1. The van der Waals surface area contributed by atoms with E-state index in [4.69, 9.17) is 5.11 Å². The average molecular weight is 322 g/mol. The van der Waals surface area contributed by atoms with Crippen LogP contribution in [-0.2, 0) is 19.4 Å². The fourth-order valence-corrected chi connectivity index (χ4v) is 4.77. The number of amides is 2. The van der Waals surface area contributed by atoms with Gasteiger partial charge in [-0.1, -0.05) is 11.8 Å². The molecule has 112 valence electrons. The second-order valence-corrected chi connectivity index (χ2v) is 7.93. The highest BCUT2D eigenvalue weighted by Crippen LogP contribution is 2.21. The number of aliphatic carboxylic acids is 1. The van der Waals surface area contributed by atoms with E-state index < -0.39 is 40.3 Å². The quantitative estimate of drug-likeness (QED) is 0.674. The van der Waals surface area contributed by atoms with Gasteiger partial charge in [-0.05, 0) is 6.42 Å². The average Bonchev–Trinajstić information content (AvgIpc) is 2.91. The maximum absolute atomic E-state index is 12.3. The number of thioether (sulfide) groups is 1. The van der Waals surface area contributed by atoms with E-state index in [1.165, 1.54) is 0 Å². The predicted octanol–water partition coefficient (Wildman–Crippen LogP) is -1.09. The first-order valence-corrected chi connectivity index (χ1v) is 8.75. The van der Waals surface area contributed by atoms with Crippen LogP contribution in [0.15, 0.2) is 0 Å². The molecule has 10 heteroatoms. The van der Waals surface area contributed by atoms with Crippen LogP contribution >= 0.6 is 11.8 Å². The summed E-state index contributed by atoms with van der Waals surface area (Å²) in [6, 6.07) is -1.42. The van der Waals surface area contributed by atoms with Crippen molar-refractivity contribution < 1.29 is 27.9 Å². The van der Waals surface area contributed by atoms with E-state index in [0.717, 1.165) is 16.7 Å². The molecular formula is C10H14N2O6S2. The van der Waals surface area contributed by atoms with Crippen molar-refractivity contribution >= 4 is 38.7 Å². The van der Waals surface area contributed by atoms with Gasteiger partial charge in [-0.2, -0.15) is 0 Å². The molecule has 0 aliphatic carbocycles. The lowest BCUT2D eigenvalue weighted by atomic mass is 10.2. The Morgan fingerprint density at radius 2 is 2.15 bits per heavy atom. The Bertz CT molecular complexity index is 546. The van der Waals surface area contributed by atoms with Crippen LogP contribution in [0.4, 0.5) is 4.79 Å². The molecule has 2 unspecified atom stereocenters. The molecular weight excluding hydrogens is 308 g/mol. The molecule has 2 rings (SSSR count). The number of carboxylic acid groups (broad SMARTS) is 1. The summed E-state index contributed by atoms with van der Waals surface area (Å²) in [5, 5.41) is 11.0. The second kappa shape index (κ2) is 5.60. The van der Waals surface area contributed by atoms with Crippen LogP contribution in [0.5, 0.6) is 0 Å². The molecule has 2 atom stereocenters. The molecule has 20 heavy (non-hydrogen) atoms. The molecule has 0 aromatic rings. The maximum atomic E-state index is 12.3. The standard InChI is InChI=1S/C10H14N2O6S2/c13-8(14)3-12(6-1-2-20(17,18)5-6)9(15)7-4-19-10(16)11-7/h6-7H,1-5H2,(H,11,16)(H,13,14). The molecule has 2 N–H and O–H groups in total. The SMILES string of the molecule is O=C(O)CN(C(=O)C1CSC(=O)N1)C1CCS(=O)(=O)C1. The highest BCUT2D eigenvalue weighted by atomic mass is 32.2. The van der Waals surface area contributed by atoms with Crippen molar-refractivity contribution in [3.8, 4) is 0 Å². The number of carbonyl (C=O) groups is 3. The van der Waals surface area contributed by atoms with E-state index in [-0.39, 0.29) is 28.9 Å². The number of sulfone groups is 1. The van der Waals surface area contributed by atoms with Gasteiger partial charge in [-0.3, -0.25) is 14.4 Å². The first-order chi connectivity index (χ1) is 9.28. The Kier molecular flexibility index (Phi) is 4.23. The van der Waals surface area contributed by atoms with Crippen LogP contribution in [-0.4, -0.2) is 71.4 Å². The van der Waals surface area contributed by atoms with Gasteiger partial charge in [0.2, 0.25) is 5.91 Å². The molecule has 8 nitrogen and oxygen atoms in total. The number of hydrogen-bond donors (Lipinski definition) is 2. The Labute approximate surface area is 119 Å². The molecule has 0 saturated carbocycles. The van der Waals surface area contributed by atoms with Crippen LogP contribution in [0.3, 0.4) is 0 Å². The summed E-state index contributed by atoms with van der Waals surface area (Å²) in [7, 11) is -3.22. The molecule has 0 radical (unpaired) electrons. The summed E-state index contributed by atoms with van der Waals surface area (Å²) < 4.78 is 22.9. The van der Waals surface area contributed by atoms with Crippen LogP contribution < -0.4 is 5.32 Å². The molecule has 2 heterocycles. The number of hydrogen-bond acceptors (Lipinski definition) is 6. The van der Waals surface area contributed by atoms with Crippen molar-refractivity contribution in [3.05, 3.63) is 0 Å². The lowest BCUT2D eigenvalue weighted by Gasteiger charge is -2.28. The Morgan fingerprint density at radius 1 is 1.45 bits per heavy atom. The number of nitrogens with one attached hydrogen (secondary N) is 1. The zero-order valence-corrected chi connectivity index (χ0v) is 12.1. The van der Waals surface area contributed by atoms with Gasteiger partial charge in [0.1, 0.15) is 12.6 Å². The summed E-state index contributed by atoms with van der Waals surface area (Å²) in [5.41, 5.74) is 0. The minimum absolute atomic E-state index is 0.0488. The third-order valence-electron chi connectivity index (χ3n) is 3.21. The Hall–Kier alpha value is -1.29. The number of nitrogens with zero attached hydrogens (tertiary/aromatic N) is 1. The van der Waals surface area contributed by atoms with Gasteiger partial charge in [0, 0.05) is 11.8 Å². The monoisotopic (exact) mass is 322 g/mol. The fourth-order valence-electron chi connectivity index (χ4n) is 2.27. The predicted molar refractivity (Wildman–Crippen MR) is 71.2 cm³/mol. The molecule has 2 fully saturated rings. The fraction of sp³-hybridized carbons (Fsp3) is 0.700. The maximum Gasteiger partial charge on any atom is 0.323 e. The van der Waals surface area contributed by atoms with Gasteiger partial charge in [0.15, 0.2) is 9.84 Å². The molecule has 0 aromatic heterocycles. The highest BCUT2D eigenvalue weighted by molar-refractivity contribution is 8.14. The van der Waals surface area contributed by atoms with E-state index in [0.29, 0.717) is 0 Å². The van der Waals surface area contributed by atoms with Crippen molar-refractivity contribution in [3.63, 3.8) is 0 Å². The largest absolute Gasteiger partial charge is 0.480 e. The van der Waals surface area contributed by atoms with Crippen LogP contribution in [0, 0.1) is 0 Å². The second-order valence-electron chi connectivity index (χ2n) is 4.71. The summed E-state index contributed by atoms with van der Waals surface area (Å²) >= 11 is 0.949. The molecule has 0 bridgehead atoms. The molecule has 2 saturated heterocycles. The Balaban J connectivity index is 2.13. The van der Waals surface area contributed by atoms with Crippen LogP contribution in [0.2, 0.25) is 0 Å². The van der Waals surface area contributed by atoms with Gasteiger partial charge in [0.25, 0.3) is 5.24 Å².